The van der Waals surface area contributed by atoms with E-state index in [4.69, 9.17) is 19.3 Å². The normalized spacial score (nSPS) is 25.6. The van der Waals surface area contributed by atoms with E-state index in [-0.39, 0.29) is 12.7 Å². The molecular weight excluding hydrogens is 270 g/mol. The van der Waals surface area contributed by atoms with Crippen molar-refractivity contribution in [2.24, 2.45) is 0 Å². The fraction of sp³-hybridized carbons (Fsp3) is 0.625. The smallest absolute Gasteiger partial charge is 0.192 e. The number of rotatable bonds is 8. The number of ether oxygens (including phenoxy) is 3. The minimum absolute atomic E-state index is 0.00128. The quantitative estimate of drug-likeness (QED) is 0.781. The second-order valence-corrected chi connectivity index (χ2v) is 5.38. The minimum Gasteiger partial charge on any atom is -0.395 e. The molecule has 0 bridgehead atoms. The summed E-state index contributed by atoms with van der Waals surface area (Å²) in [5.74, 6) is -0.682. The highest BCUT2D eigenvalue weighted by Gasteiger charge is 2.39. The van der Waals surface area contributed by atoms with Crippen molar-refractivity contribution in [1.82, 2.24) is 4.90 Å². The predicted molar refractivity (Wildman–Crippen MR) is 80.0 cm³/mol. The summed E-state index contributed by atoms with van der Waals surface area (Å²) in [5, 5.41) is 9.14. The number of methoxy groups -OCH3 is 1. The molecule has 0 saturated carbocycles. The van der Waals surface area contributed by atoms with Crippen molar-refractivity contribution in [2.45, 2.75) is 18.8 Å². The molecule has 0 aromatic heterocycles. The first kappa shape index (κ1) is 16.4. The van der Waals surface area contributed by atoms with Crippen LogP contribution in [0.1, 0.15) is 12.5 Å². The first-order valence-electron chi connectivity index (χ1n) is 7.37. The molecule has 5 heteroatoms. The molecule has 0 radical (unpaired) electrons. The number of nitrogens with zero attached hydrogens (tertiary/aromatic N) is 1. The summed E-state index contributed by atoms with van der Waals surface area (Å²) in [6.07, 6.45) is -0.00128. The number of hydrogen-bond donors (Lipinski definition) is 1. The van der Waals surface area contributed by atoms with Gasteiger partial charge in [-0.1, -0.05) is 30.3 Å². The zero-order valence-corrected chi connectivity index (χ0v) is 12.8. The maximum Gasteiger partial charge on any atom is 0.192 e. The summed E-state index contributed by atoms with van der Waals surface area (Å²) in [6.45, 7) is 5.40. The monoisotopic (exact) mass is 295 g/mol. The highest BCUT2D eigenvalue weighted by molar-refractivity contribution is 5.20. The van der Waals surface area contributed by atoms with Crippen LogP contribution in [0.2, 0.25) is 0 Å². The molecule has 1 aromatic carbocycles. The van der Waals surface area contributed by atoms with E-state index in [1.54, 1.807) is 7.11 Å². The van der Waals surface area contributed by atoms with Crippen molar-refractivity contribution in [1.29, 1.82) is 0 Å². The van der Waals surface area contributed by atoms with Gasteiger partial charge in [-0.25, -0.2) is 0 Å². The molecule has 0 aliphatic carbocycles. The maximum atomic E-state index is 9.14. The first-order chi connectivity index (χ1) is 10.2. The number of hydrogen-bond acceptors (Lipinski definition) is 5. The predicted octanol–water partition coefficient (Wildman–Crippen LogP) is 1.22. The molecular formula is C16H25NO4. The molecule has 0 spiro atoms. The molecule has 5 nitrogen and oxygen atoms in total. The Morgan fingerprint density at radius 1 is 1.33 bits per heavy atom. The fourth-order valence-corrected chi connectivity index (χ4v) is 2.56. The lowest BCUT2D eigenvalue weighted by atomic mass is 10.1. The lowest BCUT2D eigenvalue weighted by Gasteiger charge is -2.26. The third-order valence-electron chi connectivity index (χ3n) is 3.72. The van der Waals surface area contributed by atoms with Crippen LogP contribution in [0.15, 0.2) is 30.3 Å². The topological polar surface area (TPSA) is 51.2 Å². The van der Waals surface area contributed by atoms with E-state index in [0.717, 1.165) is 18.7 Å². The van der Waals surface area contributed by atoms with Crippen molar-refractivity contribution >= 4 is 0 Å². The van der Waals surface area contributed by atoms with E-state index >= 15 is 0 Å². The van der Waals surface area contributed by atoms with Crippen molar-refractivity contribution < 1.29 is 19.3 Å². The zero-order valence-electron chi connectivity index (χ0n) is 12.8. The number of aliphatic hydroxyl groups is 1. The van der Waals surface area contributed by atoms with Crippen molar-refractivity contribution in [3.63, 3.8) is 0 Å². The summed E-state index contributed by atoms with van der Waals surface area (Å²) in [4.78, 5) is 2.13. The van der Waals surface area contributed by atoms with E-state index in [1.165, 1.54) is 0 Å². The van der Waals surface area contributed by atoms with Crippen LogP contribution in [0.25, 0.3) is 0 Å². The molecule has 1 aliphatic heterocycles. The lowest BCUT2D eigenvalue weighted by molar-refractivity contribution is -0.163. The van der Waals surface area contributed by atoms with Crippen LogP contribution < -0.4 is 0 Å². The third kappa shape index (κ3) is 4.49. The Labute approximate surface area is 126 Å². The lowest BCUT2D eigenvalue weighted by Crippen LogP contribution is -2.38. The zero-order chi connectivity index (χ0) is 15.1. The Morgan fingerprint density at radius 3 is 2.76 bits per heavy atom. The van der Waals surface area contributed by atoms with Gasteiger partial charge >= 0.3 is 0 Å². The van der Waals surface area contributed by atoms with Gasteiger partial charge in [0.1, 0.15) is 0 Å². The average molecular weight is 295 g/mol. The number of benzene rings is 1. The second kappa shape index (κ2) is 7.87. The Kier molecular flexibility index (Phi) is 6.14. The van der Waals surface area contributed by atoms with Gasteiger partial charge in [0.25, 0.3) is 0 Å². The van der Waals surface area contributed by atoms with Crippen LogP contribution in [-0.4, -0.2) is 62.7 Å². The summed E-state index contributed by atoms with van der Waals surface area (Å²) in [6, 6.07) is 9.97. The van der Waals surface area contributed by atoms with Crippen LogP contribution in [0.4, 0.5) is 0 Å². The van der Waals surface area contributed by atoms with E-state index in [2.05, 4.69) is 4.90 Å². The molecule has 2 atom stereocenters. The highest BCUT2D eigenvalue weighted by Crippen LogP contribution is 2.33. The Bertz CT molecular complexity index is 414. The van der Waals surface area contributed by atoms with E-state index in [1.807, 2.05) is 37.3 Å². The number of aliphatic hydroxyl groups excluding tert-OH is 1. The minimum atomic E-state index is -0.682. The van der Waals surface area contributed by atoms with Gasteiger partial charge in [0.15, 0.2) is 5.79 Å². The van der Waals surface area contributed by atoms with Gasteiger partial charge in [-0.05, 0) is 6.92 Å². The Hall–Kier alpha value is -0.980. The van der Waals surface area contributed by atoms with Crippen LogP contribution in [0, 0.1) is 0 Å². The summed E-state index contributed by atoms with van der Waals surface area (Å²) >= 11 is 0. The molecule has 1 fully saturated rings. The Balaban J connectivity index is 1.91. The van der Waals surface area contributed by atoms with Crippen LogP contribution in [-0.2, 0) is 20.0 Å². The molecule has 2 unspecified atom stereocenters. The van der Waals surface area contributed by atoms with Gasteiger partial charge in [-0.3, -0.25) is 4.90 Å². The molecule has 1 N–H and O–H groups in total. The summed E-state index contributed by atoms with van der Waals surface area (Å²) in [7, 11) is 1.68. The Morgan fingerprint density at radius 2 is 2.10 bits per heavy atom. The van der Waals surface area contributed by atoms with Gasteiger partial charge < -0.3 is 19.3 Å². The van der Waals surface area contributed by atoms with E-state index in [0.29, 0.717) is 19.8 Å². The molecule has 21 heavy (non-hydrogen) atoms. The van der Waals surface area contributed by atoms with E-state index in [9.17, 15) is 0 Å². The average Bonchev–Trinajstić information content (AvgIpc) is 2.88. The van der Waals surface area contributed by atoms with Gasteiger partial charge in [-0.2, -0.15) is 0 Å². The third-order valence-corrected chi connectivity index (χ3v) is 3.72. The van der Waals surface area contributed by atoms with Gasteiger partial charge in [0.05, 0.1) is 25.9 Å². The van der Waals surface area contributed by atoms with Gasteiger partial charge in [0.2, 0.25) is 0 Å². The molecule has 1 aromatic rings. The fourth-order valence-electron chi connectivity index (χ4n) is 2.56. The van der Waals surface area contributed by atoms with Crippen LogP contribution in [0.5, 0.6) is 0 Å². The van der Waals surface area contributed by atoms with Crippen LogP contribution >= 0.6 is 0 Å². The maximum absolute atomic E-state index is 9.14. The SMILES string of the molecule is COCCN(CCO)CC1COC(C)(c2ccccc2)O1. The van der Waals surface area contributed by atoms with Crippen LogP contribution in [0.3, 0.4) is 0 Å². The largest absolute Gasteiger partial charge is 0.395 e. The molecule has 1 aliphatic rings. The van der Waals surface area contributed by atoms with Crippen molar-refractivity contribution in [3.8, 4) is 0 Å². The highest BCUT2D eigenvalue weighted by atomic mass is 16.7. The molecule has 1 saturated heterocycles. The summed E-state index contributed by atoms with van der Waals surface area (Å²) < 4.78 is 17.1. The van der Waals surface area contributed by atoms with E-state index < -0.39 is 5.79 Å². The van der Waals surface area contributed by atoms with Gasteiger partial charge in [-0.15, -0.1) is 0 Å². The molecule has 2 rings (SSSR count). The second-order valence-electron chi connectivity index (χ2n) is 5.38. The van der Waals surface area contributed by atoms with Crippen molar-refractivity contribution in [3.05, 3.63) is 35.9 Å². The standard InChI is InChI=1S/C16H25NO4/c1-16(14-6-4-3-5-7-14)20-13-15(21-16)12-17(8-10-18)9-11-19-2/h3-7,15,18H,8-13H2,1-2H3. The molecule has 118 valence electrons. The van der Waals surface area contributed by atoms with Gasteiger partial charge in [0, 0.05) is 32.3 Å². The first-order valence-corrected chi connectivity index (χ1v) is 7.37. The van der Waals surface area contributed by atoms with Crippen molar-refractivity contribution in [2.75, 3.05) is 46.6 Å². The molecule has 0 amide bonds. The molecule has 1 heterocycles. The summed E-state index contributed by atoms with van der Waals surface area (Å²) in [5.41, 5.74) is 1.03.